The summed E-state index contributed by atoms with van der Waals surface area (Å²) in [6.45, 7) is 12.6. The number of likely N-dealkylation sites (tertiary alicyclic amines) is 1. The Labute approximate surface area is 103 Å². The first-order valence-corrected chi connectivity index (χ1v) is 5.99. The van der Waals surface area contributed by atoms with Gasteiger partial charge in [0.2, 0.25) is 11.8 Å². The van der Waals surface area contributed by atoms with E-state index in [1.165, 1.54) is 4.90 Å². The third-order valence-electron chi connectivity index (χ3n) is 2.86. The van der Waals surface area contributed by atoms with Gasteiger partial charge in [0.25, 0.3) is 0 Å². The van der Waals surface area contributed by atoms with Crippen molar-refractivity contribution < 1.29 is 9.59 Å². The van der Waals surface area contributed by atoms with Crippen molar-refractivity contribution in [3.05, 3.63) is 12.2 Å². The first-order chi connectivity index (χ1) is 7.74. The van der Waals surface area contributed by atoms with Crippen LogP contribution < -0.4 is 5.32 Å². The average Bonchev–Trinajstić information content (AvgIpc) is 2.38. The average molecular weight is 238 g/mol. The van der Waals surface area contributed by atoms with Crippen LogP contribution in [0.5, 0.6) is 0 Å². The molecule has 17 heavy (non-hydrogen) atoms. The van der Waals surface area contributed by atoms with Gasteiger partial charge < -0.3 is 5.32 Å². The van der Waals surface area contributed by atoms with Crippen LogP contribution in [0.1, 0.15) is 34.1 Å². The number of carbonyl (C=O) groups is 2. The van der Waals surface area contributed by atoms with Gasteiger partial charge in [-0.15, -0.1) is 0 Å². The topological polar surface area (TPSA) is 49.4 Å². The van der Waals surface area contributed by atoms with Gasteiger partial charge in [-0.3, -0.25) is 14.5 Å². The third kappa shape index (κ3) is 3.40. The highest BCUT2D eigenvalue weighted by Gasteiger charge is 2.44. The minimum atomic E-state index is -0.553. The second-order valence-corrected chi connectivity index (χ2v) is 5.63. The van der Waals surface area contributed by atoms with Crippen LogP contribution in [0.2, 0.25) is 0 Å². The van der Waals surface area contributed by atoms with Crippen LogP contribution in [0.15, 0.2) is 12.2 Å². The zero-order valence-corrected chi connectivity index (χ0v) is 11.2. The molecule has 96 valence electrons. The monoisotopic (exact) mass is 238 g/mol. The molecule has 4 heteroatoms. The van der Waals surface area contributed by atoms with Gasteiger partial charge >= 0.3 is 0 Å². The summed E-state index contributed by atoms with van der Waals surface area (Å²) in [5.74, 6) is -0.182. The van der Waals surface area contributed by atoms with Crippen molar-refractivity contribution in [3.8, 4) is 0 Å². The van der Waals surface area contributed by atoms with E-state index in [2.05, 4.69) is 11.9 Å². The molecule has 1 N–H and O–H groups in total. The standard InChI is InChI=1S/C13H22N2O2/c1-9(2)14-7-10(3)8-15-11(16)6-13(4,5)12(15)17/h9,14H,3,6-8H2,1-2,4-5H3. The van der Waals surface area contributed by atoms with Crippen LogP contribution in [0, 0.1) is 5.41 Å². The van der Waals surface area contributed by atoms with E-state index in [-0.39, 0.29) is 11.8 Å². The molecule has 2 amide bonds. The predicted octanol–water partition coefficient (Wildman–Crippen LogP) is 1.33. The molecule has 0 aromatic rings. The van der Waals surface area contributed by atoms with Crippen LogP contribution in [0.25, 0.3) is 0 Å². The maximum atomic E-state index is 12.0. The first kappa shape index (κ1) is 13.9. The van der Waals surface area contributed by atoms with Crippen LogP contribution in [0.4, 0.5) is 0 Å². The van der Waals surface area contributed by atoms with Crippen LogP contribution >= 0.6 is 0 Å². The molecular formula is C13H22N2O2. The molecule has 0 radical (unpaired) electrons. The van der Waals surface area contributed by atoms with Crippen molar-refractivity contribution in [2.75, 3.05) is 13.1 Å². The van der Waals surface area contributed by atoms with Crippen molar-refractivity contribution in [1.82, 2.24) is 10.2 Å². The predicted molar refractivity (Wildman–Crippen MR) is 67.4 cm³/mol. The van der Waals surface area contributed by atoms with Crippen LogP contribution in [0.3, 0.4) is 0 Å². The Bertz CT molecular complexity index is 345. The molecule has 0 aromatic heterocycles. The maximum absolute atomic E-state index is 12.0. The molecule has 0 bridgehead atoms. The van der Waals surface area contributed by atoms with Crippen molar-refractivity contribution in [2.24, 2.45) is 5.41 Å². The number of hydrogen-bond donors (Lipinski definition) is 1. The SMILES string of the molecule is C=C(CNC(C)C)CN1C(=O)CC(C)(C)C1=O. The molecule has 1 saturated heterocycles. The van der Waals surface area contributed by atoms with Gasteiger partial charge in [0.15, 0.2) is 0 Å². The molecule has 0 aliphatic carbocycles. The Morgan fingerprint density at radius 2 is 2.06 bits per heavy atom. The van der Waals surface area contributed by atoms with E-state index in [0.29, 0.717) is 25.6 Å². The van der Waals surface area contributed by atoms with E-state index in [9.17, 15) is 9.59 Å². The van der Waals surface area contributed by atoms with Crippen LogP contribution in [-0.2, 0) is 9.59 Å². The van der Waals surface area contributed by atoms with Crippen molar-refractivity contribution in [3.63, 3.8) is 0 Å². The Morgan fingerprint density at radius 3 is 2.47 bits per heavy atom. The minimum Gasteiger partial charge on any atom is -0.311 e. The highest BCUT2D eigenvalue weighted by Crippen LogP contribution is 2.31. The van der Waals surface area contributed by atoms with Gasteiger partial charge in [0.1, 0.15) is 0 Å². The Balaban J connectivity index is 2.55. The molecule has 0 unspecified atom stereocenters. The van der Waals surface area contributed by atoms with E-state index < -0.39 is 5.41 Å². The highest BCUT2D eigenvalue weighted by atomic mass is 16.2. The molecule has 1 aliphatic heterocycles. The molecule has 1 rings (SSSR count). The van der Waals surface area contributed by atoms with Gasteiger partial charge in [-0.1, -0.05) is 34.3 Å². The summed E-state index contributed by atoms with van der Waals surface area (Å²) in [7, 11) is 0. The quantitative estimate of drug-likeness (QED) is 0.580. The smallest absolute Gasteiger partial charge is 0.235 e. The molecule has 0 saturated carbocycles. The second kappa shape index (κ2) is 5.00. The van der Waals surface area contributed by atoms with Crippen LogP contribution in [-0.4, -0.2) is 35.8 Å². The molecule has 0 atom stereocenters. The lowest BCUT2D eigenvalue weighted by Crippen LogP contribution is -2.36. The van der Waals surface area contributed by atoms with Crippen molar-refractivity contribution >= 4 is 11.8 Å². The van der Waals surface area contributed by atoms with E-state index in [0.717, 1.165) is 5.57 Å². The number of carbonyl (C=O) groups excluding carboxylic acids is 2. The van der Waals surface area contributed by atoms with E-state index in [1.807, 2.05) is 27.7 Å². The fourth-order valence-electron chi connectivity index (χ4n) is 1.82. The summed E-state index contributed by atoms with van der Waals surface area (Å²) in [5, 5.41) is 3.22. The molecule has 1 fully saturated rings. The fourth-order valence-corrected chi connectivity index (χ4v) is 1.82. The van der Waals surface area contributed by atoms with Gasteiger partial charge in [-0.25, -0.2) is 0 Å². The Hall–Kier alpha value is -1.16. The van der Waals surface area contributed by atoms with E-state index in [4.69, 9.17) is 0 Å². The summed E-state index contributed by atoms with van der Waals surface area (Å²) >= 11 is 0. The summed E-state index contributed by atoms with van der Waals surface area (Å²) in [4.78, 5) is 25.0. The number of hydrogen-bond acceptors (Lipinski definition) is 3. The molecule has 1 aliphatic rings. The summed E-state index contributed by atoms with van der Waals surface area (Å²) in [6.07, 6.45) is 0.302. The highest BCUT2D eigenvalue weighted by molar-refractivity contribution is 6.05. The minimum absolute atomic E-state index is 0.0896. The van der Waals surface area contributed by atoms with Crippen molar-refractivity contribution in [2.45, 2.75) is 40.2 Å². The summed E-state index contributed by atoms with van der Waals surface area (Å²) < 4.78 is 0. The van der Waals surface area contributed by atoms with E-state index in [1.54, 1.807) is 0 Å². The van der Waals surface area contributed by atoms with Gasteiger partial charge in [-0.2, -0.15) is 0 Å². The normalized spacial score (nSPS) is 19.2. The lowest BCUT2D eigenvalue weighted by Gasteiger charge is -2.19. The number of nitrogens with one attached hydrogen (secondary N) is 1. The number of nitrogens with zero attached hydrogens (tertiary/aromatic N) is 1. The lowest BCUT2D eigenvalue weighted by atomic mass is 9.92. The Kier molecular flexibility index (Phi) is 4.09. The summed E-state index contributed by atoms with van der Waals surface area (Å²) in [5.41, 5.74) is 0.307. The zero-order valence-electron chi connectivity index (χ0n) is 11.2. The maximum Gasteiger partial charge on any atom is 0.235 e. The summed E-state index contributed by atoms with van der Waals surface area (Å²) in [6, 6.07) is 0.369. The first-order valence-electron chi connectivity index (χ1n) is 5.99. The van der Waals surface area contributed by atoms with Gasteiger partial charge in [0, 0.05) is 19.0 Å². The zero-order chi connectivity index (χ0) is 13.2. The largest absolute Gasteiger partial charge is 0.311 e. The molecule has 1 heterocycles. The fraction of sp³-hybridized carbons (Fsp3) is 0.692. The molecular weight excluding hydrogens is 216 g/mol. The van der Waals surface area contributed by atoms with E-state index >= 15 is 0 Å². The second-order valence-electron chi connectivity index (χ2n) is 5.63. The lowest BCUT2D eigenvalue weighted by molar-refractivity contribution is -0.140. The number of rotatable bonds is 5. The van der Waals surface area contributed by atoms with Gasteiger partial charge in [0.05, 0.1) is 12.0 Å². The Morgan fingerprint density at radius 1 is 1.47 bits per heavy atom. The van der Waals surface area contributed by atoms with Gasteiger partial charge in [-0.05, 0) is 5.57 Å². The third-order valence-corrected chi connectivity index (χ3v) is 2.86. The molecule has 0 spiro atoms. The number of imide groups is 1. The molecule has 4 nitrogen and oxygen atoms in total. The van der Waals surface area contributed by atoms with Crippen molar-refractivity contribution in [1.29, 1.82) is 0 Å². The number of amides is 2. The molecule has 0 aromatic carbocycles.